The van der Waals surface area contributed by atoms with E-state index in [0.29, 0.717) is 0 Å². The number of nitrogens with one attached hydrogen (secondary N) is 1. The molecule has 0 bridgehead atoms. The minimum atomic E-state index is -0.0560. The Bertz CT molecular complexity index is 1450. The first-order valence-corrected chi connectivity index (χ1v) is 15.0. The van der Waals surface area contributed by atoms with Crippen LogP contribution >= 0.6 is 11.6 Å². The molecule has 4 aromatic rings. The molecular formula is C34H41ClN6. The summed E-state index contributed by atoms with van der Waals surface area (Å²) in [6.45, 7) is 12.9. The number of pyridine rings is 1. The van der Waals surface area contributed by atoms with Crippen molar-refractivity contribution in [3.8, 4) is 6.07 Å². The van der Waals surface area contributed by atoms with Crippen molar-refractivity contribution in [2.45, 2.75) is 59.0 Å². The van der Waals surface area contributed by atoms with Crippen LogP contribution in [-0.2, 0) is 19.4 Å². The summed E-state index contributed by atoms with van der Waals surface area (Å²) in [4.78, 5) is 11.5. The van der Waals surface area contributed by atoms with Gasteiger partial charge in [0.05, 0.1) is 35.7 Å². The molecule has 1 saturated heterocycles. The average Bonchev–Trinajstić information content (AvgIpc) is 3.35. The number of benzene rings is 2. The van der Waals surface area contributed by atoms with Gasteiger partial charge in [-0.3, -0.25) is 9.88 Å². The molecule has 6 rings (SSSR count). The lowest BCUT2D eigenvalue weighted by atomic mass is 9.96. The van der Waals surface area contributed by atoms with E-state index in [1.807, 2.05) is 69.2 Å². The molecule has 6 nitrogen and oxygen atoms in total. The lowest BCUT2D eigenvalue weighted by molar-refractivity contribution is 0.195. The number of halogens is 1. The van der Waals surface area contributed by atoms with Gasteiger partial charge in [0.1, 0.15) is 0 Å². The van der Waals surface area contributed by atoms with Crippen molar-refractivity contribution in [1.29, 1.82) is 5.26 Å². The van der Waals surface area contributed by atoms with Gasteiger partial charge in [-0.15, -0.1) is 0 Å². The molecule has 2 aliphatic rings. The quantitative estimate of drug-likeness (QED) is 0.296. The van der Waals surface area contributed by atoms with Crippen LogP contribution in [0.15, 0.2) is 73.3 Å². The monoisotopic (exact) mass is 568 g/mol. The fraction of sp³-hybridized carbons (Fsp3) is 0.382. The number of aryl methyl sites for hydroxylation is 3. The van der Waals surface area contributed by atoms with E-state index in [0.717, 1.165) is 61.8 Å². The third kappa shape index (κ3) is 7.83. The summed E-state index contributed by atoms with van der Waals surface area (Å²) in [5, 5.41) is 13.2. The largest absolute Gasteiger partial charge is 0.333 e. The summed E-state index contributed by atoms with van der Waals surface area (Å²) < 4.78 is 2.05. The van der Waals surface area contributed by atoms with Crippen molar-refractivity contribution in [2.75, 3.05) is 26.2 Å². The predicted octanol–water partition coefficient (Wildman–Crippen LogP) is 6.72. The zero-order chi connectivity index (χ0) is 29.2. The maximum Gasteiger partial charge on any atom is 0.0952 e. The van der Waals surface area contributed by atoms with E-state index >= 15 is 0 Å². The zero-order valence-electron chi connectivity index (χ0n) is 24.6. The molecule has 0 saturated carbocycles. The van der Waals surface area contributed by atoms with Crippen molar-refractivity contribution in [2.24, 2.45) is 0 Å². The molecule has 3 heterocycles. The maximum atomic E-state index is 8.91. The van der Waals surface area contributed by atoms with E-state index < -0.39 is 0 Å². The molecule has 214 valence electrons. The molecule has 2 atom stereocenters. The van der Waals surface area contributed by atoms with Gasteiger partial charge in [0.2, 0.25) is 0 Å². The number of nitriles is 1. The summed E-state index contributed by atoms with van der Waals surface area (Å²) in [5.41, 5.74) is 8.64. The van der Waals surface area contributed by atoms with E-state index in [4.69, 9.17) is 21.8 Å². The average molecular weight is 569 g/mol. The molecule has 1 N–H and O–H groups in total. The number of hydrogen-bond acceptors (Lipinski definition) is 5. The Morgan fingerprint density at radius 3 is 2.54 bits per heavy atom. The van der Waals surface area contributed by atoms with Gasteiger partial charge in [-0.2, -0.15) is 5.26 Å². The lowest BCUT2D eigenvalue weighted by Gasteiger charge is -2.35. The molecule has 2 aromatic carbocycles. The van der Waals surface area contributed by atoms with Crippen molar-refractivity contribution < 1.29 is 0 Å². The Labute approximate surface area is 250 Å². The SMILES string of the molecule is CC.Cc1cn(Cc2cccc(C(C)C#N)c2)cn1.Clc1ccc2c(c1)CCc1cccnc1C2N1CCNCC1. The molecule has 2 unspecified atom stereocenters. The van der Waals surface area contributed by atoms with Crippen LogP contribution in [0.25, 0.3) is 0 Å². The van der Waals surface area contributed by atoms with Gasteiger partial charge in [0.25, 0.3) is 0 Å². The number of fused-ring (bicyclic) bond motifs is 2. The summed E-state index contributed by atoms with van der Waals surface area (Å²) in [7, 11) is 0. The Hall–Kier alpha value is -3.50. The normalized spacial score (nSPS) is 16.8. The number of imidazole rings is 1. The Kier molecular flexibility index (Phi) is 11.1. The number of hydrogen-bond donors (Lipinski definition) is 1. The molecular weight excluding hydrogens is 528 g/mol. The third-order valence-corrected chi connectivity index (χ3v) is 7.77. The van der Waals surface area contributed by atoms with Gasteiger partial charge in [-0.05, 0) is 72.7 Å². The molecule has 2 aromatic heterocycles. The second kappa shape index (κ2) is 14.9. The van der Waals surface area contributed by atoms with Gasteiger partial charge in [0, 0.05) is 50.1 Å². The number of nitrogens with zero attached hydrogens (tertiary/aromatic N) is 5. The van der Waals surface area contributed by atoms with Gasteiger partial charge in [-0.1, -0.05) is 61.8 Å². The fourth-order valence-corrected chi connectivity index (χ4v) is 5.69. The van der Waals surface area contributed by atoms with Crippen LogP contribution in [0.2, 0.25) is 5.02 Å². The summed E-state index contributed by atoms with van der Waals surface area (Å²) in [6, 6.07) is 21.3. The van der Waals surface area contributed by atoms with Crippen LogP contribution in [0, 0.1) is 18.3 Å². The predicted molar refractivity (Wildman–Crippen MR) is 167 cm³/mol. The van der Waals surface area contributed by atoms with Crippen molar-refractivity contribution >= 4 is 11.6 Å². The molecule has 0 amide bonds. The van der Waals surface area contributed by atoms with Crippen molar-refractivity contribution in [1.82, 2.24) is 24.8 Å². The zero-order valence-corrected chi connectivity index (χ0v) is 25.4. The van der Waals surface area contributed by atoms with Gasteiger partial charge < -0.3 is 9.88 Å². The Morgan fingerprint density at radius 2 is 1.80 bits per heavy atom. The number of piperazine rings is 1. The molecule has 7 heteroatoms. The first-order chi connectivity index (χ1) is 20.0. The Morgan fingerprint density at radius 1 is 1.02 bits per heavy atom. The first kappa shape index (κ1) is 30.5. The molecule has 0 spiro atoms. The summed E-state index contributed by atoms with van der Waals surface area (Å²) in [6.07, 6.45) is 7.85. The minimum absolute atomic E-state index is 0.0560. The van der Waals surface area contributed by atoms with Gasteiger partial charge >= 0.3 is 0 Å². The van der Waals surface area contributed by atoms with Crippen molar-refractivity contribution in [3.63, 3.8) is 0 Å². The van der Waals surface area contributed by atoms with E-state index in [2.05, 4.69) is 57.7 Å². The Balaban J connectivity index is 0.000000184. The van der Waals surface area contributed by atoms with Gasteiger partial charge in [0.15, 0.2) is 0 Å². The standard InChI is InChI=1S/C18H20ClN3.C14H15N3.C2H6/c19-15-5-6-16-14(12-15)4-3-13-2-1-7-21-17(13)18(16)22-10-8-20-9-11-22;1-11(7-15)14-5-3-4-13(6-14)9-17-8-12(2)16-10-17;1-2/h1-2,5-7,12,18,20H,3-4,8-11H2;3-6,8,10-11H,9H2,1-2H3;1-2H3. The van der Waals surface area contributed by atoms with E-state index in [-0.39, 0.29) is 12.0 Å². The first-order valence-electron chi connectivity index (χ1n) is 14.7. The number of aromatic nitrogens is 3. The fourth-order valence-electron chi connectivity index (χ4n) is 5.50. The lowest BCUT2D eigenvalue weighted by Crippen LogP contribution is -2.45. The van der Waals surface area contributed by atoms with Crippen LogP contribution in [0.3, 0.4) is 0 Å². The highest BCUT2D eigenvalue weighted by atomic mass is 35.5. The number of rotatable bonds is 4. The van der Waals surface area contributed by atoms with Crippen LogP contribution in [0.5, 0.6) is 0 Å². The van der Waals surface area contributed by atoms with E-state index in [1.54, 1.807) is 0 Å². The van der Waals surface area contributed by atoms with Crippen LogP contribution in [0.1, 0.15) is 71.9 Å². The van der Waals surface area contributed by atoms with Crippen LogP contribution in [0.4, 0.5) is 0 Å². The molecule has 0 radical (unpaired) electrons. The summed E-state index contributed by atoms with van der Waals surface area (Å²) >= 11 is 6.24. The molecule has 1 aliphatic carbocycles. The van der Waals surface area contributed by atoms with E-state index in [1.165, 1.54) is 27.9 Å². The maximum absolute atomic E-state index is 8.91. The van der Waals surface area contributed by atoms with Crippen molar-refractivity contribution in [3.05, 3.63) is 118 Å². The second-order valence-corrected chi connectivity index (χ2v) is 10.8. The smallest absolute Gasteiger partial charge is 0.0952 e. The summed E-state index contributed by atoms with van der Waals surface area (Å²) in [5.74, 6) is -0.0560. The second-order valence-electron chi connectivity index (χ2n) is 10.4. The molecule has 41 heavy (non-hydrogen) atoms. The third-order valence-electron chi connectivity index (χ3n) is 7.54. The molecule has 1 aliphatic heterocycles. The highest BCUT2D eigenvalue weighted by Gasteiger charge is 2.30. The highest BCUT2D eigenvalue weighted by Crippen LogP contribution is 2.36. The topological polar surface area (TPSA) is 69.8 Å². The van der Waals surface area contributed by atoms with Crippen LogP contribution < -0.4 is 5.32 Å². The van der Waals surface area contributed by atoms with Crippen LogP contribution in [-0.4, -0.2) is 45.6 Å². The minimum Gasteiger partial charge on any atom is -0.333 e. The highest BCUT2D eigenvalue weighted by molar-refractivity contribution is 6.30. The van der Waals surface area contributed by atoms with E-state index in [9.17, 15) is 0 Å². The van der Waals surface area contributed by atoms with Gasteiger partial charge in [-0.25, -0.2) is 4.98 Å². The molecule has 1 fully saturated rings.